The summed E-state index contributed by atoms with van der Waals surface area (Å²) < 4.78 is 5.82. The minimum absolute atomic E-state index is 0.0710. The van der Waals surface area contributed by atoms with Gasteiger partial charge in [-0.25, -0.2) is 0 Å². The van der Waals surface area contributed by atoms with Crippen molar-refractivity contribution in [3.63, 3.8) is 0 Å². The zero-order valence-corrected chi connectivity index (χ0v) is 15.8. The van der Waals surface area contributed by atoms with Crippen LogP contribution in [-0.4, -0.2) is 61.3 Å². The van der Waals surface area contributed by atoms with Crippen molar-refractivity contribution in [3.8, 4) is 0 Å². The van der Waals surface area contributed by atoms with Crippen molar-refractivity contribution in [1.29, 1.82) is 0 Å². The van der Waals surface area contributed by atoms with Crippen molar-refractivity contribution in [1.82, 2.24) is 15.5 Å². The van der Waals surface area contributed by atoms with E-state index in [4.69, 9.17) is 16.3 Å². The highest BCUT2D eigenvalue weighted by Gasteiger charge is 2.46. The first-order valence-electron chi connectivity index (χ1n) is 8.90. The number of nitrogens with zero attached hydrogens (tertiary/aromatic N) is 1. The molecule has 0 aromatic heterocycles. The number of benzene rings is 1. The molecule has 8 heteroatoms. The van der Waals surface area contributed by atoms with Gasteiger partial charge in [0.2, 0.25) is 11.8 Å². The van der Waals surface area contributed by atoms with E-state index in [9.17, 15) is 9.59 Å². The Labute approximate surface area is 158 Å². The summed E-state index contributed by atoms with van der Waals surface area (Å²) in [6.07, 6.45) is 0.947. The van der Waals surface area contributed by atoms with Crippen LogP contribution in [0.1, 0.15) is 19.8 Å². The third-order valence-electron chi connectivity index (χ3n) is 4.92. The van der Waals surface area contributed by atoms with E-state index in [1.54, 1.807) is 29.2 Å². The highest BCUT2D eigenvalue weighted by atomic mass is 35.5. The lowest BCUT2D eigenvalue weighted by Gasteiger charge is -2.38. The van der Waals surface area contributed by atoms with Crippen LogP contribution in [0.5, 0.6) is 0 Å². The van der Waals surface area contributed by atoms with E-state index in [-0.39, 0.29) is 24.1 Å². The largest absolute Gasteiger partial charge is 0.356 e. The van der Waals surface area contributed by atoms with E-state index in [1.165, 1.54) is 0 Å². The zero-order valence-electron chi connectivity index (χ0n) is 15.0. The molecule has 2 fully saturated rings. The normalized spacial score (nSPS) is 26.5. The number of carbonyl (C=O) groups excluding carboxylic acids is 2. The molecule has 4 atom stereocenters. The van der Waals surface area contributed by atoms with Crippen LogP contribution >= 0.6 is 11.6 Å². The highest BCUT2D eigenvalue weighted by molar-refractivity contribution is 6.30. The van der Waals surface area contributed by atoms with Crippen molar-refractivity contribution >= 4 is 29.1 Å². The molecule has 2 amide bonds. The van der Waals surface area contributed by atoms with Gasteiger partial charge in [0.15, 0.2) is 0 Å². The molecular formula is C18H25ClN4O3. The van der Waals surface area contributed by atoms with Gasteiger partial charge < -0.3 is 25.6 Å². The number of anilines is 1. The SMILES string of the molecule is CN[C@@H](C)CN[C@H]1CO[C@H]2CCC(C(=O)Nc3ccc(Cl)cc3)N2C1=O. The van der Waals surface area contributed by atoms with Crippen LogP contribution in [0.3, 0.4) is 0 Å². The summed E-state index contributed by atoms with van der Waals surface area (Å²) in [5, 5.41) is 9.81. The maximum Gasteiger partial charge on any atom is 0.247 e. The Bertz CT molecular complexity index is 654. The van der Waals surface area contributed by atoms with Gasteiger partial charge in [-0.3, -0.25) is 9.59 Å². The first-order chi connectivity index (χ1) is 12.5. The summed E-state index contributed by atoms with van der Waals surface area (Å²) in [5.74, 6) is -0.269. The number of amides is 2. The van der Waals surface area contributed by atoms with Crippen molar-refractivity contribution < 1.29 is 14.3 Å². The van der Waals surface area contributed by atoms with Crippen LogP contribution in [0.15, 0.2) is 24.3 Å². The fraction of sp³-hybridized carbons (Fsp3) is 0.556. The van der Waals surface area contributed by atoms with E-state index in [2.05, 4.69) is 16.0 Å². The molecule has 3 N–H and O–H groups in total. The van der Waals surface area contributed by atoms with Gasteiger partial charge in [0.05, 0.1) is 6.61 Å². The predicted molar refractivity (Wildman–Crippen MR) is 100 cm³/mol. The minimum Gasteiger partial charge on any atom is -0.356 e. The zero-order chi connectivity index (χ0) is 18.7. The topological polar surface area (TPSA) is 82.7 Å². The summed E-state index contributed by atoms with van der Waals surface area (Å²) in [4.78, 5) is 27.2. The number of hydrogen-bond acceptors (Lipinski definition) is 5. The average Bonchev–Trinajstić information content (AvgIpc) is 3.08. The fourth-order valence-electron chi connectivity index (χ4n) is 3.28. The summed E-state index contributed by atoms with van der Waals surface area (Å²) in [6, 6.07) is 6.21. The van der Waals surface area contributed by atoms with Gasteiger partial charge in [0, 0.05) is 23.3 Å². The minimum atomic E-state index is -0.519. The second kappa shape index (κ2) is 8.35. The van der Waals surface area contributed by atoms with Gasteiger partial charge in [-0.15, -0.1) is 0 Å². The molecule has 1 aromatic rings. The fourth-order valence-corrected chi connectivity index (χ4v) is 3.41. The quantitative estimate of drug-likeness (QED) is 0.690. The van der Waals surface area contributed by atoms with Gasteiger partial charge in [-0.05, 0) is 51.1 Å². The number of hydrogen-bond donors (Lipinski definition) is 3. The molecular weight excluding hydrogens is 356 g/mol. The van der Waals surface area contributed by atoms with E-state index >= 15 is 0 Å². The molecule has 1 aromatic carbocycles. The van der Waals surface area contributed by atoms with Crippen LogP contribution in [0, 0.1) is 0 Å². The van der Waals surface area contributed by atoms with Crippen molar-refractivity contribution in [3.05, 3.63) is 29.3 Å². The monoisotopic (exact) mass is 380 g/mol. The number of rotatable bonds is 6. The van der Waals surface area contributed by atoms with E-state index in [0.29, 0.717) is 36.7 Å². The Hall–Kier alpha value is -1.67. The van der Waals surface area contributed by atoms with E-state index in [1.807, 2.05) is 14.0 Å². The number of nitrogens with one attached hydrogen (secondary N) is 3. The second-order valence-electron chi connectivity index (χ2n) is 6.77. The summed E-state index contributed by atoms with van der Waals surface area (Å²) in [5.41, 5.74) is 0.658. The maximum atomic E-state index is 12.9. The molecule has 0 bridgehead atoms. The molecule has 0 aliphatic carbocycles. The molecule has 2 saturated heterocycles. The smallest absolute Gasteiger partial charge is 0.247 e. The van der Waals surface area contributed by atoms with Crippen LogP contribution in [0.4, 0.5) is 5.69 Å². The number of carbonyl (C=O) groups is 2. The Balaban J connectivity index is 1.64. The van der Waals surface area contributed by atoms with Gasteiger partial charge in [-0.2, -0.15) is 0 Å². The van der Waals surface area contributed by atoms with E-state index < -0.39 is 12.1 Å². The number of fused-ring (bicyclic) bond motifs is 1. The van der Waals surface area contributed by atoms with Gasteiger partial charge in [0.25, 0.3) is 0 Å². The molecule has 0 radical (unpaired) electrons. The highest BCUT2D eigenvalue weighted by Crippen LogP contribution is 2.30. The first kappa shape index (κ1) is 19.1. The molecule has 2 heterocycles. The van der Waals surface area contributed by atoms with Crippen LogP contribution in [0.2, 0.25) is 5.02 Å². The molecule has 3 rings (SSSR count). The van der Waals surface area contributed by atoms with Gasteiger partial charge in [-0.1, -0.05) is 11.6 Å². The Morgan fingerprint density at radius 2 is 2.08 bits per heavy atom. The molecule has 26 heavy (non-hydrogen) atoms. The summed E-state index contributed by atoms with van der Waals surface area (Å²) >= 11 is 5.87. The van der Waals surface area contributed by atoms with Crippen molar-refractivity contribution in [2.75, 3.05) is 25.5 Å². The molecule has 142 valence electrons. The third-order valence-corrected chi connectivity index (χ3v) is 5.17. The first-order valence-corrected chi connectivity index (χ1v) is 9.28. The lowest BCUT2D eigenvalue weighted by molar-refractivity contribution is -0.165. The lowest BCUT2D eigenvalue weighted by atomic mass is 10.1. The number of likely N-dealkylation sites (N-methyl/N-ethyl adjacent to an activating group) is 1. The molecule has 1 unspecified atom stereocenters. The Morgan fingerprint density at radius 1 is 1.35 bits per heavy atom. The van der Waals surface area contributed by atoms with Crippen molar-refractivity contribution in [2.45, 2.75) is 44.1 Å². The van der Waals surface area contributed by atoms with Crippen LogP contribution in [0.25, 0.3) is 0 Å². The molecule has 2 aliphatic heterocycles. The van der Waals surface area contributed by atoms with E-state index in [0.717, 1.165) is 0 Å². The predicted octanol–water partition coefficient (Wildman–Crippen LogP) is 1.19. The van der Waals surface area contributed by atoms with Crippen molar-refractivity contribution in [2.24, 2.45) is 0 Å². The van der Waals surface area contributed by atoms with Gasteiger partial charge >= 0.3 is 0 Å². The number of halogens is 1. The molecule has 0 saturated carbocycles. The van der Waals surface area contributed by atoms with Crippen LogP contribution < -0.4 is 16.0 Å². The lowest BCUT2D eigenvalue weighted by Crippen LogP contribution is -2.61. The molecule has 7 nitrogen and oxygen atoms in total. The Kier molecular flexibility index (Phi) is 6.13. The summed E-state index contributed by atoms with van der Waals surface area (Å²) in [7, 11) is 1.87. The molecule has 2 aliphatic rings. The third kappa shape index (κ3) is 4.17. The number of ether oxygens (including phenoxy) is 1. The standard InChI is InChI=1S/C18H25ClN4O3/c1-11(20-2)9-21-14-10-26-16-8-7-15(23(16)18(14)25)17(24)22-13-5-3-12(19)4-6-13/h3-6,11,14-16,20-21H,7-10H2,1-2H3,(H,22,24)/t11-,14-,15?,16-/m0/s1. The average molecular weight is 381 g/mol. The summed E-state index contributed by atoms with van der Waals surface area (Å²) in [6.45, 7) is 3.01. The van der Waals surface area contributed by atoms with Gasteiger partial charge in [0.1, 0.15) is 18.3 Å². The maximum absolute atomic E-state index is 12.9. The van der Waals surface area contributed by atoms with Crippen LogP contribution in [-0.2, 0) is 14.3 Å². The second-order valence-corrected chi connectivity index (χ2v) is 7.21. The molecule has 0 spiro atoms. The Morgan fingerprint density at radius 3 is 2.77 bits per heavy atom.